The molecule has 2 aromatic carbocycles. The van der Waals surface area contributed by atoms with Crippen LogP contribution in [0.4, 0.5) is 0 Å². The normalized spacial score (nSPS) is 11.2. The number of primary sulfonamides is 1. The van der Waals surface area contributed by atoms with Gasteiger partial charge in [0, 0.05) is 6.42 Å². The predicted molar refractivity (Wildman–Crippen MR) is 93.9 cm³/mol. The average Bonchev–Trinajstić information content (AvgIpc) is 2.56. The van der Waals surface area contributed by atoms with Crippen molar-refractivity contribution in [2.45, 2.75) is 31.1 Å². The molecule has 0 fully saturated rings. The van der Waals surface area contributed by atoms with E-state index in [4.69, 9.17) is 14.6 Å². The van der Waals surface area contributed by atoms with Gasteiger partial charge in [-0.25, -0.2) is 13.6 Å². The molecule has 0 aromatic heterocycles. The van der Waals surface area contributed by atoms with Gasteiger partial charge in [0.1, 0.15) is 11.5 Å². The van der Waals surface area contributed by atoms with Gasteiger partial charge in [-0.1, -0.05) is 31.5 Å². The van der Waals surface area contributed by atoms with Crippen molar-refractivity contribution in [3.05, 3.63) is 54.1 Å². The highest BCUT2D eigenvalue weighted by Gasteiger charge is 2.07. The maximum atomic E-state index is 11.2. The zero-order chi connectivity index (χ0) is 17.4. The molecule has 130 valence electrons. The highest BCUT2D eigenvalue weighted by Crippen LogP contribution is 2.20. The first kappa shape index (κ1) is 18.3. The lowest BCUT2D eigenvalue weighted by atomic mass is 10.1. The Morgan fingerprint density at radius 1 is 0.958 bits per heavy atom. The molecule has 0 aliphatic carbocycles. The number of hydrogen-bond donors (Lipinski definition) is 1. The molecule has 2 aromatic rings. The van der Waals surface area contributed by atoms with E-state index in [0.29, 0.717) is 19.0 Å². The van der Waals surface area contributed by atoms with Crippen LogP contribution in [-0.2, 0) is 16.4 Å². The summed E-state index contributed by atoms with van der Waals surface area (Å²) in [6, 6.07) is 14.1. The number of hydrogen-bond acceptors (Lipinski definition) is 4. The van der Waals surface area contributed by atoms with Crippen molar-refractivity contribution in [1.29, 1.82) is 0 Å². The zero-order valence-electron chi connectivity index (χ0n) is 13.8. The van der Waals surface area contributed by atoms with Crippen molar-refractivity contribution >= 4 is 10.0 Å². The number of sulfonamides is 1. The molecular formula is C18H23NO4S. The third kappa shape index (κ3) is 5.54. The lowest BCUT2D eigenvalue weighted by molar-refractivity contribution is 0.246. The standard InChI is InChI=1S/C18H23NO4S/c1-2-6-15-7-3-4-8-18(15)23-14-5-13-22-16-9-11-17(12-10-16)24(19,20)21/h3-4,7-12H,2,5-6,13-14H2,1H3,(H2,19,20,21). The van der Waals surface area contributed by atoms with Gasteiger partial charge in [0.15, 0.2) is 0 Å². The smallest absolute Gasteiger partial charge is 0.238 e. The summed E-state index contributed by atoms with van der Waals surface area (Å²) in [5.41, 5.74) is 1.22. The molecule has 0 aliphatic heterocycles. The zero-order valence-corrected chi connectivity index (χ0v) is 14.6. The van der Waals surface area contributed by atoms with Gasteiger partial charge in [-0.2, -0.15) is 0 Å². The minimum absolute atomic E-state index is 0.0747. The van der Waals surface area contributed by atoms with E-state index in [-0.39, 0.29) is 4.90 Å². The highest BCUT2D eigenvalue weighted by atomic mass is 32.2. The Balaban J connectivity index is 1.75. The van der Waals surface area contributed by atoms with Crippen LogP contribution in [0.3, 0.4) is 0 Å². The Labute approximate surface area is 143 Å². The highest BCUT2D eigenvalue weighted by molar-refractivity contribution is 7.89. The van der Waals surface area contributed by atoms with Crippen molar-refractivity contribution in [3.8, 4) is 11.5 Å². The van der Waals surface area contributed by atoms with E-state index in [9.17, 15) is 8.42 Å². The SMILES string of the molecule is CCCc1ccccc1OCCCOc1ccc(S(N)(=O)=O)cc1. The Kier molecular flexibility index (Phi) is 6.63. The number of rotatable bonds is 9. The van der Waals surface area contributed by atoms with Gasteiger partial charge < -0.3 is 9.47 Å². The number of aryl methyl sites for hydroxylation is 1. The molecule has 2 rings (SSSR count). The van der Waals surface area contributed by atoms with Crippen molar-refractivity contribution in [2.24, 2.45) is 5.14 Å². The molecule has 5 nitrogen and oxygen atoms in total. The van der Waals surface area contributed by atoms with Crippen LogP contribution >= 0.6 is 0 Å². The van der Waals surface area contributed by atoms with E-state index in [1.54, 1.807) is 12.1 Å². The van der Waals surface area contributed by atoms with E-state index < -0.39 is 10.0 Å². The summed E-state index contributed by atoms with van der Waals surface area (Å²) in [4.78, 5) is 0.0747. The molecule has 0 saturated heterocycles. The minimum Gasteiger partial charge on any atom is -0.493 e. The van der Waals surface area contributed by atoms with E-state index in [2.05, 4.69) is 13.0 Å². The average molecular weight is 349 g/mol. The van der Waals surface area contributed by atoms with Crippen LogP contribution in [0.15, 0.2) is 53.4 Å². The molecule has 0 amide bonds. The molecule has 6 heteroatoms. The maximum Gasteiger partial charge on any atom is 0.238 e. The van der Waals surface area contributed by atoms with E-state index in [1.807, 2.05) is 18.2 Å². The van der Waals surface area contributed by atoms with Crippen molar-refractivity contribution < 1.29 is 17.9 Å². The van der Waals surface area contributed by atoms with Crippen LogP contribution in [0, 0.1) is 0 Å². The quantitative estimate of drug-likeness (QED) is 0.706. The molecule has 0 bridgehead atoms. The first-order valence-corrected chi connectivity index (χ1v) is 9.51. The fourth-order valence-electron chi connectivity index (χ4n) is 2.28. The number of nitrogens with two attached hydrogens (primary N) is 1. The number of para-hydroxylation sites is 1. The molecule has 0 radical (unpaired) electrons. The third-order valence-corrected chi connectivity index (χ3v) is 4.39. The number of ether oxygens (including phenoxy) is 2. The fraction of sp³-hybridized carbons (Fsp3) is 0.333. The largest absolute Gasteiger partial charge is 0.493 e. The second kappa shape index (κ2) is 8.70. The van der Waals surface area contributed by atoms with Crippen LogP contribution in [0.2, 0.25) is 0 Å². The summed E-state index contributed by atoms with van der Waals surface area (Å²) in [6.07, 6.45) is 2.82. The van der Waals surface area contributed by atoms with Crippen molar-refractivity contribution in [3.63, 3.8) is 0 Å². The topological polar surface area (TPSA) is 78.6 Å². The van der Waals surface area contributed by atoms with Crippen LogP contribution in [0.25, 0.3) is 0 Å². The van der Waals surface area contributed by atoms with Crippen molar-refractivity contribution in [1.82, 2.24) is 0 Å². The van der Waals surface area contributed by atoms with Gasteiger partial charge >= 0.3 is 0 Å². The Bertz CT molecular complexity index is 742. The molecule has 2 N–H and O–H groups in total. The lowest BCUT2D eigenvalue weighted by Crippen LogP contribution is -2.12. The molecule has 24 heavy (non-hydrogen) atoms. The van der Waals surface area contributed by atoms with E-state index >= 15 is 0 Å². The molecule has 0 spiro atoms. The van der Waals surface area contributed by atoms with Crippen LogP contribution < -0.4 is 14.6 Å². The molecular weight excluding hydrogens is 326 g/mol. The second-order valence-corrected chi connectivity index (χ2v) is 6.99. The molecule has 0 heterocycles. The Hall–Kier alpha value is -2.05. The van der Waals surface area contributed by atoms with Crippen LogP contribution in [-0.4, -0.2) is 21.6 Å². The maximum absolute atomic E-state index is 11.2. The second-order valence-electron chi connectivity index (χ2n) is 5.42. The van der Waals surface area contributed by atoms with Gasteiger partial charge in [-0.05, 0) is 42.3 Å². The van der Waals surface area contributed by atoms with Gasteiger partial charge in [-0.15, -0.1) is 0 Å². The monoisotopic (exact) mass is 349 g/mol. The van der Waals surface area contributed by atoms with Crippen LogP contribution in [0.1, 0.15) is 25.3 Å². The first-order valence-electron chi connectivity index (χ1n) is 7.97. The summed E-state index contributed by atoms with van der Waals surface area (Å²) in [5, 5.41) is 5.05. The summed E-state index contributed by atoms with van der Waals surface area (Å²) in [7, 11) is -3.66. The fourth-order valence-corrected chi connectivity index (χ4v) is 2.79. The Morgan fingerprint density at radius 2 is 1.62 bits per heavy atom. The van der Waals surface area contributed by atoms with E-state index in [1.165, 1.54) is 17.7 Å². The molecule has 0 saturated carbocycles. The van der Waals surface area contributed by atoms with Gasteiger partial charge in [0.05, 0.1) is 18.1 Å². The molecule has 0 unspecified atom stereocenters. The van der Waals surface area contributed by atoms with Gasteiger partial charge in [0.2, 0.25) is 10.0 Å². The van der Waals surface area contributed by atoms with Gasteiger partial charge in [0.25, 0.3) is 0 Å². The predicted octanol–water partition coefficient (Wildman–Crippen LogP) is 3.13. The van der Waals surface area contributed by atoms with Gasteiger partial charge in [-0.3, -0.25) is 0 Å². The van der Waals surface area contributed by atoms with Crippen molar-refractivity contribution in [2.75, 3.05) is 13.2 Å². The summed E-state index contributed by atoms with van der Waals surface area (Å²) in [5.74, 6) is 1.53. The summed E-state index contributed by atoms with van der Waals surface area (Å²) >= 11 is 0. The molecule has 0 atom stereocenters. The minimum atomic E-state index is -3.66. The molecule has 0 aliphatic rings. The summed E-state index contributed by atoms with van der Waals surface area (Å²) in [6.45, 7) is 3.20. The van der Waals surface area contributed by atoms with E-state index in [0.717, 1.165) is 25.0 Å². The summed E-state index contributed by atoms with van der Waals surface area (Å²) < 4.78 is 33.7. The third-order valence-electron chi connectivity index (χ3n) is 3.46. The Morgan fingerprint density at radius 3 is 2.29 bits per heavy atom. The van der Waals surface area contributed by atoms with Crippen LogP contribution in [0.5, 0.6) is 11.5 Å². The first-order chi connectivity index (χ1) is 11.5. The lowest BCUT2D eigenvalue weighted by Gasteiger charge is -2.11. The number of benzene rings is 2.